The smallest absolute Gasteiger partial charge is 0.465 e. The first-order valence-electron chi connectivity index (χ1n) is 9.97. The SMILES string of the molecule is COC(=O)c1cc(B2OC(C)(C)C(C)(C)O2)cc2nn(-c3cccc(C(F)(F)F)c3)cc12. The average Bonchev–Trinajstić information content (AvgIpc) is 3.24. The summed E-state index contributed by atoms with van der Waals surface area (Å²) in [5.74, 6) is -0.600. The van der Waals surface area contributed by atoms with Crippen LogP contribution >= 0.6 is 0 Å². The monoisotopic (exact) mass is 446 g/mol. The lowest BCUT2D eigenvalue weighted by Crippen LogP contribution is -2.41. The van der Waals surface area contributed by atoms with E-state index in [0.29, 0.717) is 16.4 Å². The number of ether oxygens (including phenoxy) is 1. The van der Waals surface area contributed by atoms with Crippen molar-refractivity contribution >= 4 is 29.5 Å². The van der Waals surface area contributed by atoms with Gasteiger partial charge in [0.05, 0.1) is 40.6 Å². The minimum Gasteiger partial charge on any atom is -0.465 e. The number of esters is 1. The van der Waals surface area contributed by atoms with E-state index >= 15 is 0 Å². The summed E-state index contributed by atoms with van der Waals surface area (Å²) in [5, 5.41) is 4.86. The Bertz CT molecular complexity index is 1190. The molecule has 0 atom stereocenters. The van der Waals surface area contributed by atoms with Gasteiger partial charge >= 0.3 is 19.3 Å². The van der Waals surface area contributed by atoms with Gasteiger partial charge in [0, 0.05) is 11.6 Å². The topological polar surface area (TPSA) is 62.6 Å². The van der Waals surface area contributed by atoms with Gasteiger partial charge in [-0.2, -0.15) is 18.3 Å². The molecule has 0 aliphatic carbocycles. The number of carbonyl (C=O) groups excluding carboxylic acids is 1. The van der Waals surface area contributed by atoms with Gasteiger partial charge in [-0.15, -0.1) is 0 Å². The lowest BCUT2D eigenvalue weighted by atomic mass is 9.78. The molecule has 0 saturated carbocycles. The number of benzene rings is 2. The highest BCUT2D eigenvalue weighted by molar-refractivity contribution is 6.62. The summed E-state index contributed by atoms with van der Waals surface area (Å²) in [6.07, 6.45) is -2.98. The van der Waals surface area contributed by atoms with E-state index in [1.54, 1.807) is 12.1 Å². The number of nitrogens with zero attached hydrogens (tertiary/aromatic N) is 2. The van der Waals surface area contributed by atoms with Crippen LogP contribution < -0.4 is 5.46 Å². The van der Waals surface area contributed by atoms with Gasteiger partial charge in [0.1, 0.15) is 0 Å². The number of hydrogen-bond acceptors (Lipinski definition) is 5. The van der Waals surface area contributed by atoms with Crippen LogP contribution in [0.15, 0.2) is 42.6 Å². The van der Waals surface area contributed by atoms with Crippen molar-refractivity contribution in [3.05, 3.63) is 53.7 Å². The Labute approximate surface area is 183 Å². The summed E-state index contributed by atoms with van der Waals surface area (Å²) in [6.45, 7) is 7.65. The van der Waals surface area contributed by atoms with E-state index in [9.17, 15) is 18.0 Å². The molecule has 3 aromatic rings. The summed E-state index contributed by atoms with van der Waals surface area (Å²) in [5.41, 5.74) is -0.580. The first kappa shape index (κ1) is 22.4. The van der Waals surface area contributed by atoms with Crippen LogP contribution in [0, 0.1) is 0 Å². The second-order valence-corrected chi connectivity index (χ2v) is 8.70. The fourth-order valence-corrected chi connectivity index (χ4v) is 3.50. The van der Waals surface area contributed by atoms with Crippen LogP contribution in [0.3, 0.4) is 0 Å². The van der Waals surface area contributed by atoms with Crippen LogP contribution in [0.25, 0.3) is 16.6 Å². The minimum absolute atomic E-state index is 0.212. The van der Waals surface area contributed by atoms with Crippen molar-refractivity contribution in [3.8, 4) is 5.69 Å². The van der Waals surface area contributed by atoms with Crippen molar-refractivity contribution in [1.29, 1.82) is 0 Å². The quantitative estimate of drug-likeness (QED) is 0.448. The van der Waals surface area contributed by atoms with Gasteiger partial charge in [-0.3, -0.25) is 0 Å². The summed E-state index contributed by atoms with van der Waals surface area (Å²) in [6, 6.07) is 8.11. The van der Waals surface area contributed by atoms with Crippen molar-refractivity contribution in [3.63, 3.8) is 0 Å². The van der Waals surface area contributed by atoms with E-state index in [2.05, 4.69) is 5.10 Å². The minimum atomic E-state index is -4.48. The number of carbonyl (C=O) groups is 1. The van der Waals surface area contributed by atoms with Crippen LogP contribution in [0.1, 0.15) is 43.6 Å². The molecule has 6 nitrogen and oxygen atoms in total. The first-order chi connectivity index (χ1) is 14.8. The van der Waals surface area contributed by atoms with E-state index in [1.165, 1.54) is 30.1 Å². The summed E-state index contributed by atoms with van der Waals surface area (Å²) >= 11 is 0. The maximum Gasteiger partial charge on any atom is 0.494 e. The molecule has 4 rings (SSSR count). The number of methoxy groups -OCH3 is 1. The van der Waals surface area contributed by atoms with Crippen molar-refractivity contribution in [1.82, 2.24) is 9.78 Å². The zero-order valence-corrected chi connectivity index (χ0v) is 18.3. The number of rotatable bonds is 3. The molecule has 1 aliphatic rings. The van der Waals surface area contributed by atoms with Gasteiger partial charge in [0.15, 0.2) is 0 Å². The van der Waals surface area contributed by atoms with E-state index in [4.69, 9.17) is 14.0 Å². The Morgan fingerprint density at radius 3 is 2.34 bits per heavy atom. The van der Waals surface area contributed by atoms with Gasteiger partial charge < -0.3 is 14.0 Å². The molecular weight excluding hydrogens is 424 g/mol. The highest BCUT2D eigenvalue weighted by atomic mass is 19.4. The molecule has 2 aromatic carbocycles. The van der Waals surface area contributed by atoms with Crippen molar-refractivity contribution in [2.75, 3.05) is 7.11 Å². The fraction of sp³-hybridized carbons (Fsp3) is 0.364. The molecule has 1 saturated heterocycles. The number of fused-ring (bicyclic) bond motifs is 1. The molecule has 1 aliphatic heterocycles. The summed E-state index contributed by atoms with van der Waals surface area (Å²) in [7, 11) is 0.513. The van der Waals surface area contributed by atoms with E-state index in [-0.39, 0.29) is 11.3 Å². The lowest BCUT2D eigenvalue weighted by molar-refractivity contribution is -0.137. The Morgan fingerprint density at radius 2 is 1.75 bits per heavy atom. The van der Waals surface area contributed by atoms with E-state index in [0.717, 1.165) is 12.1 Å². The average molecular weight is 446 g/mol. The third-order valence-corrected chi connectivity index (χ3v) is 6.02. The number of alkyl halides is 3. The van der Waals surface area contributed by atoms with Gasteiger partial charge in [0.25, 0.3) is 0 Å². The zero-order chi connectivity index (χ0) is 23.5. The van der Waals surface area contributed by atoms with Gasteiger partial charge in [-0.1, -0.05) is 6.07 Å². The highest BCUT2D eigenvalue weighted by Gasteiger charge is 2.52. The normalized spacial score (nSPS) is 17.7. The van der Waals surface area contributed by atoms with Gasteiger partial charge in [-0.05, 0) is 63.5 Å². The standard InChI is InChI=1S/C22H22BF3N2O4/c1-20(2)21(3,4)32-23(31-20)14-10-16(19(29)30-5)17-12-28(27-18(17)11-14)15-8-6-7-13(9-15)22(24,25)26/h6-12H,1-5H3. The van der Waals surface area contributed by atoms with Crippen LogP contribution in [-0.4, -0.2) is 41.2 Å². The van der Waals surface area contributed by atoms with Crippen LogP contribution in [0.4, 0.5) is 13.2 Å². The Morgan fingerprint density at radius 1 is 1.09 bits per heavy atom. The maximum atomic E-state index is 13.1. The molecule has 32 heavy (non-hydrogen) atoms. The third kappa shape index (κ3) is 3.77. The van der Waals surface area contributed by atoms with Gasteiger partial charge in [0.2, 0.25) is 0 Å². The van der Waals surface area contributed by atoms with Crippen molar-refractivity contribution in [2.45, 2.75) is 45.1 Å². The van der Waals surface area contributed by atoms with Crippen molar-refractivity contribution < 1.29 is 32.0 Å². The Kier molecular flexibility index (Phi) is 5.13. The second kappa shape index (κ2) is 7.35. The lowest BCUT2D eigenvalue weighted by Gasteiger charge is -2.32. The molecule has 0 unspecified atom stereocenters. The van der Waals surface area contributed by atoms with Gasteiger partial charge in [-0.25, -0.2) is 9.48 Å². The van der Waals surface area contributed by atoms with E-state index in [1.807, 2.05) is 27.7 Å². The fourth-order valence-electron chi connectivity index (χ4n) is 3.50. The molecule has 0 bridgehead atoms. The predicted molar refractivity (Wildman–Crippen MR) is 113 cm³/mol. The maximum absolute atomic E-state index is 13.1. The van der Waals surface area contributed by atoms with Crippen LogP contribution in [-0.2, 0) is 20.2 Å². The molecular formula is C22H22BF3N2O4. The molecule has 1 aromatic heterocycles. The summed E-state index contributed by atoms with van der Waals surface area (Å²) < 4.78 is 57.8. The largest absolute Gasteiger partial charge is 0.494 e. The molecule has 0 spiro atoms. The van der Waals surface area contributed by atoms with E-state index < -0.39 is 36.0 Å². The van der Waals surface area contributed by atoms with Crippen molar-refractivity contribution in [2.24, 2.45) is 0 Å². The highest BCUT2D eigenvalue weighted by Crippen LogP contribution is 2.37. The van der Waals surface area contributed by atoms with Crippen LogP contribution in [0.5, 0.6) is 0 Å². The second-order valence-electron chi connectivity index (χ2n) is 8.70. The zero-order valence-electron chi connectivity index (χ0n) is 18.3. The molecule has 10 heteroatoms. The number of hydrogen-bond donors (Lipinski definition) is 0. The molecule has 1 fully saturated rings. The van der Waals surface area contributed by atoms with Crippen LogP contribution in [0.2, 0.25) is 0 Å². The molecule has 2 heterocycles. The Balaban J connectivity index is 1.83. The molecule has 0 amide bonds. The molecule has 0 radical (unpaired) electrons. The Hall–Kier alpha value is -2.85. The molecule has 168 valence electrons. The third-order valence-electron chi connectivity index (χ3n) is 6.02. The predicted octanol–water partition coefficient (Wildman–Crippen LogP) is 4.13. The first-order valence-corrected chi connectivity index (χ1v) is 9.97. The number of aromatic nitrogens is 2. The summed E-state index contributed by atoms with van der Waals surface area (Å²) in [4.78, 5) is 12.5. The molecule has 0 N–H and O–H groups in total. The number of halogens is 3.